The molecule has 0 bridgehead atoms. The van der Waals surface area contributed by atoms with Crippen LogP contribution in [0.5, 0.6) is 0 Å². The van der Waals surface area contributed by atoms with Crippen molar-refractivity contribution in [3.05, 3.63) is 101 Å². The summed E-state index contributed by atoms with van der Waals surface area (Å²) in [6, 6.07) is 26.3. The number of aromatic nitrogens is 2. The van der Waals surface area contributed by atoms with E-state index in [2.05, 4.69) is 47.3 Å². The zero-order valence-electron chi connectivity index (χ0n) is 17.0. The van der Waals surface area contributed by atoms with Gasteiger partial charge in [-0.25, -0.2) is 9.78 Å². The van der Waals surface area contributed by atoms with E-state index < -0.39 is 6.09 Å². The van der Waals surface area contributed by atoms with Crippen molar-refractivity contribution in [1.29, 1.82) is 0 Å². The molecule has 1 N–H and O–H groups in total. The van der Waals surface area contributed by atoms with E-state index >= 15 is 0 Å². The molecule has 0 saturated carbocycles. The predicted octanol–water partition coefficient (Wildman–Crippen LogP) is 4.63. The van der Waals surface area contributed by atoms with E-state index in [1.165, 1.54) is 11.1 Å². The smallest absolute Gasteiger partial charge is 0.407 e. The van der Waals surface area contributed by atoms with E-state index in [1.807, 2.05) is 48.5 Å². The number of aryl methyl sites for hydroxylation is 1. The SMILES string of the molecule is Cn1c(Cc2ccc(CCNC(=O)OCc3ccccc3)cc2)nc2ccccc21. The molecule has 0 aliphatic carbocycles. The summed E-state index contributed by atoms with van der Waals surface area (Å²) in [6.45, 7) is 0.821. The van der Waals surface area contributed by atoms with Crippen molar-refractivity contribution in [2.24, 2.45) is 7.05 Å². The highest BCUT2D eigenvalue weighted by Gasteiger charge is 2.08. The van der Waals surface area contributed by atoms with Gasteiger partial charge in [-0.3, -0.25) is 0 Å². The number of amides is 1. The van der Waals surface area contributed by atoms with Gasteiger partial charge in [-0.15, -0.1) is 0 Å². The van der Waals surface area contributed by atoms with Crippen molar-refractivity contribution in [3.8, 4) is 0 Å². The molecule has 0 radical (unpaired) electrons. The lowest BCUT2D eigenvalue weighted by Gasteiger charge is -2.08. The summed E-state index contributed by atoms with van der Waals surface area (Å²) < 4.78 is 7.38. The quantitative estimate of drug-likeness (QED) is 0.493. The Kier molecular flexibility index (Phi) is 6.09. The Bertz CT molecular complexity index is 1120. The molecule has 4 aromatic rings. The number of nitrogens with zero attached hydrogens (tertiary/aromatic N) is 2. The van der Waals surface area contributed by atoms with Crippen LogP contribution in [-0.4, -0.2) is 22.2 Å². The number of ether oxygens (including phenoxy) is 1. The second kappa shape index (κ2) is 9.27. The molecule has 0 aliphatic rings. The van der Waals surface area contributed by atoms with Gasteiger partial charge >= 0.3 is 6.09 Å². The summed E-state index contributed by atoms with van der Waals surface area (Å²) in [5.74, 6) is 1.05. The van der Waals surface area contributed by atoms with Crippen molar-refractivity contribution in [1.82, 2.24) is 14.9 Å². The fourth-order valence-electron chi connectivity index (χ4n) is 3.44. The van der Waals surface area contributed by atoms with Gasteiger partial charge in [-0.2, -0.15) is 0 Å². The molecular weight excluding hydrogens is 374 g/mol. The van der Waals surface area contributed by atoms with E-state index in [1.54, 1.807) is 0 Å². The minimum Gasteiger partial charge on any atom is -0.445 e. The van der Waals surface area contributed by atoms with Gasteiger partial charge in [0.1, 0.15) is 12.4 Å². The van der Waals surface area contributed by atoms with Crippen LogP contribution in [0, 0.1) is 0 Å². The Morgan fingerprint density at radius 2 is 1.60 bits per heavy atom. The second-order valence-corrected chi connectivity index (χ2v) is 7.31. The van der Waals surface area contributed by atoms with Gasteiger partial charge in [0.2, 0.25) is 0 Å². The summed E-state index contributed by atoms with van der Waals surface area (Å²) in [6.07, 6.45) is 1.15. The van der Waals surface area contributed by atoms with Gasteiger partial charge < -0.3 is 14.6 Å². The number of para-hydroxylation sites is 2. The summed E-state index contributed by atoms with van der Waals surface area (Å²) in [5, 5.41) is 2.80. The number of alkyl carbamates (subject to hydrolysis) is 1. The van der Waals surface area contributed by atoms with Crippen LogP contribution in [0.2, 0.25) is 0 Å². The lowest BCUT2D eigenvalue weighted by atomic mass is 10.1. The number of carbonyl (C=O) groups is 1. The number of hydrogen-bond acceptors (Lipinski definition) is 3. The highest BCUT2D eigenvalue weighted by molar-refractivity contribution is 5.75. The summed E-state index contributed by atoms with van der Waals surface area (Å²) >= 11 is 0. The van der Waals surface area contributed by atoms with Crippen LogP contribution in [0.4, 0.5) is 4.79 Å². The molecule has 1 amide bonds. The number of carbonyl (C=O) groups excluding carboxylic acids is 1. The summed E-state index contributed by atoms with van der Waals surface area (Å²) in [7, 11) is 2.06. The fourth-order valence-corrected chi connectivity index (χ4v) is 3.44. The summed E-state index contributed by atoms with van der Waals surface area (Å²) in [5.41, 5.74) is 5.54. The van der Waals surface area contributed by atoms with Gasteiger partial charge in [0.15, 0.2) is 0 Å². The fraction of sp³-hybridized carbons (Fsp3) is 0.200. The van der Waals surface area contributed by atoms with Crippen LogP contribution in [0.25, 0.3) is 11.0 Å². The Hall–Kier alpha value is -3.60. The molecule has 4 rings (SSSR count). The molecule has 5 nitrogen and oxygen atoms in total. The van der Waals surface area contributed by atoms with Crippen molar-refractivity contribution < 1.29 is 9.53 Å². The largest absolute Gasteiger partial charge is 0.445 e. The van der Waals surface area contributed by atoms with E-state index in [0.29, 0.717) is 6.54 Å². The van der Waals surface area contributed by atoms with Gasteiger partial charge in [0, 0.05) is 20.0 Å². The first-order chi connectivity index (χ1) is 14.7. The molecule has 0 unspecified atom stereocenters. The minimum atomic E-state index is -0.391. The van der Waals surface area contributed by atoms with Crippen LogP contribution in [0.3, 0.4) is 0 Å². The number of hydrogen-bond donors (Lipinski definition) is 1. The van der Waals surface area contributed by atoms with Gasteiger partial charge in [0.05, 0.1) is 11.0 Å². The third-order valence-corrected chi connectivity index (χ3v) is 5.16. The lowest BCUT2D eigenvalue weighted by Crippen LogP contribution is -2.26. The first-order valence-electron chi connectivity index (χ1n) is 10.1. The normalized spacial score (nSPS) is 10.8. The standard InChI is InChI=1S/C25H25N3O2/c1-28-23-10-6-5-9-22(23)27-24(28)17-20-13-11-19(12-14-20)15-16-26-25(29)30-18-21-7-3-2-4-8-21/h2-14H,15-18H2,1H3,(H,26,29). The third kappa shape index (κ3) is 4.87. The zero-order chi connectivity index (χ0) is 20.8. The molecule has 0 spiro atoms. The van der Waals surface area contributed by atoms with E-state index in [9.17, 15) is 4.79 Å². The monoisotopic (exact) mass is 399 g/mol. The predicted molar refractivity (Wildman–Crippen MR) is 118 cm³/mol. The number of nitrogens with one attached hydrogen (secondary N) is 1. The van der Waals surface area contributed by atoms with Crippen molar-refractivity contribution in [2.75, 3.05) is 6.54 Å². The minimum absolute atomic E-state index is 0.281. The molecule has 0 atom stereocenters. The molecule has 5 heteroatoms. The maximum absolute atomic E-state index is 11.8. The van der Waals surface area contributed by atoms with Crippen molar-refractivity contribution in [2.45, 2.75) is 19.4 Å². The molecule has 3 aromatic carbocycles. The Morgan fingerprint density at radius 3 is 2.37 bits per heavy atom. The van der Waals surface area contributed by atoms with Crippen molar-refractivity contribution >= 4 is 17.1 Å². The van der Waals surface area contributed by atoms with Gasteiger partial charge in [-0.05, 0) is 35.2 Å². The van der Waals surface area contributed by atoms with Gasteiger partial charge in [-0.1, -0.05) is 66.7 Å². The molecule has 30 heavy (non-hydrogen) atoms. The molecule has 1 aromatic heterocycles. The lowest BCUT2D eigenvalue weighted by molar-refractivity contribution is 0.140. The highest BCUT2D eigenvalue weighted by atomic mass is 16.5. The molecule has 0 saturated heterocycles. The number of imidazole rings is 1. The van der Waals surface area contributed by atoms with Gasteiger partial charge in [0.25, 0.3) is 0 Å². The maximum atomic E-state index is 11.8. The van der Waals surface area contributed by atoms with Crippen LogP contribution in [0.1, 0.15) is 22.5 Å². The van der Waals surface area contributed by atoms with Crippen molar-refractivity contribution in [3.63, 3.8) is 0 Å². The molecule has 1 heterocycles. The Morgan fingerprint density at radius 1 is 0.900 bits per heavy atom. The third-order valence-electron chi connectivity index (χ3n) is 5.16. The first kappa shape index (κ1) is 19.7. The van der Waals surface area contributed by atoms with Crippen LogP contribution < -0.4 is 5.32 Å². The van der Waals surface area contributed by atoms with Crippen LogP contribution in [-0.2, 0) is 31.2 Å². The van der Waals surface area contributed by atoms with E-state index in [0.717, 1.165) is 35.3 Å². The first-order valence-corrected chi connectivity index (χ1v) is 10.1. The maximum Gasteiger partial charge on any atom is 0.407 e. The van der Waals surface area contributed by atoms with E-state index in [4.69, 9.17) is 9.72 Å². The molecule has 152 valence electrons. The molecule has 0 fully saturated rings. The van der Waals surface area contributed by atoms with E-state index in [-0.39, 0.29) is 6.61 Å². The number of benzene rings is 3. The molecule has 0 aliphatic heterocycles. The second-order valence-electron chi connectivity index (χ2n) is 7.31. The highest BCUT2D eigenvalue weighted by Crippen LogP contribution is 2.17. The van der Waals surface area contributed by atoms with Crippen LogP contribution in [0.15, 0.2) is 78.9 Å². The molecular formula is C25H25N3O2. The average molecular weight is 399 g/mol. The number of fused-ring (bicyclic) bond motifs is 1. The summed E-state index contributed by atoms with van der Waals surface area (Å²) in [4.78, 5) is 16.6. The topological polar surface area (TPSA) is 56.2 Å². The van der Waals surface area contributed by atoms with Crippen LogP contribution >= 0.6 is 0 Å². The average Bonchev–Trinajstić information content (AvgIpc) is 3.10. The Balaban J connectivity index is 1.25. The zero-order valence-corrected chi connectivity index (χ0v) is 17.0. The number of rotatable bonds is 7. The Labute approximate surface area is 176 Å².